The predicted molar refractivity (Wildman–Crippen MR) is 109 cm³/mol. The molecule has 0 radical (unpaired) electrons. The van der Waals surface area contributed by atoms with E-state index < -0.39 is 0 Å². The Hall–Kier alpha value is -1.79. The fourth-order valence-electron chi connectivity index (χ4n) is 3.14. The first-order valence-corrected chi connectivity index (χ1v) is 9.92. The molecule has 1 unspecified atom stereocenters. The van der Waals surface area contributed by atoms with E-state index >= 15 is 0 Å². The molecule has 3 N–H and O–H groups in total. The molecule has 0 spiro atoms. The van der Waals surface area contributed by atoms with Crippen molar-refractivity contribution < 1.29 is 14.6 Å². The molecule has 1 heterocycles. The summed E-state index contributed by atoms with van der Waals surface area (Å²) in [4.78, 5) is 4.30. The van der Waals surface area contributed by atoms with Crippen LogP contribution in [0.1, 0.15) is 32.3 Å². The van der Waals surface area contributed by atoms with Crippen molar-refractivity contribution in [3.05, 3.63) is 29.8 Å². The van der Waals surface area contributed by atoms with Gasteiger partial charge in [-0.15, -0.1) is 0 Å². The highest BCUT2D eigenvalue weighted by Gasteiger charge is 2.34. The van der Waals surface area contributed by atoms with Crippen LogP contribution in [-0.4, -0.2) is 57.6 Å². The molecule has 6 heteroatoms. The van der Waals surface area contributed by atoms with Gasteiger partial charge in [0.1, 0.15) is 5.75 Å². The van der Waals surface area contributed by atoms with Crippen molar-refractivity contribution in [3.8, 4) is 5.75 Å². The summed E-state index contributed by atoms with van der Waals surface area (Å²) >= 11 is 0. The van der Waals surface area contributed by atoms with Crippen LogP contribution in [0.2, 0.25) is 0 Å². The van der Waals surface area contributed by atoms with Crippen LogP contribution < -0.4 is 15.4 Å². The van der Waals surface area contributed by atoms with Gasteiger partial charge in [0.05, 0.1) is 13.2 Å². The molecular formula is C21H35N3O3. The van der Waals surface area contributed by atoms with E-state index in [9.17, 15) is 5.11 Å². The summed E-state index contributed by atoms with van der Waals surface area (Å²) in [5.74, 6) is 2.24. The summed E-state index contributed by atoms with van der Waals surface area (Å²) < 4.78 is 11.3. The first-order chi connectivity index (χ1) is 13.1. The summed E-state index contributed by atoms with van der Waals surface area (Å²) in [6, 6.07) is 8.28. The molecule has 152 valence electrons. The molecular weight excluding hydrogens is 342 g/mol. The number of benzene rings is 1. The van der Waals surface area contributed by atoms with Crippen LogP contribution in [0.3, 0.4) is 0 Å². The molecule has 0 bridgehead atoms. The lowest BCUT2D eigenvalue weighted by Gasteiger charge is -2.27. The van der Waals surface area contributed by atoms with Crippen molar-refractivity contribution in [1.82, 2.24) is 10.6 Å². The molecule has 1 saturated heterocycles. The number of ether oxygens (including phenoxy) is 2. The summed E-state index contributed by atoms with van der Waals surface area (Å²) in [5, 5.41) is 16.1. The van der Waals surface area contributed by atoms with Gasteiger partial charge in [-0.05, 0) is 42.9 Å². The third-order valence-electron chi connectivity index (χ3n) is 4.89. The SMILES string of the molecule is CN=C(NCCc1ccc(OCC(C)C)cc1)NCC1(CCO)CCOC1. The number of rotatable bonds is 10. The van der Waals surface area contributed by atoms with Gasteiger partial charge < -0.3 is 25.2 Å². The molecule has 1 aromatic carbocycles. The zero-order valence-electron chi connectivity index (χ0n) is 17.0. The lowest BCUT2D eigenvalue weighted by Crippen LogP contribution is -2.45. The average molecular weight is 378 g/mol. The van der Waals surface area contributed by atoms with E-state index in [0.717, 1.165) is 57.3 Å². The molecule has 1 aliphatic rings. The summed E-state index contributed by atoms with van der Waals surface area (Å²) in [7, 11) is 1.78. The Kier molecular flexibility index (Phi) is 8.88. The van der Waals surface area contributed by atoms with Crippen LogP contribution in [0.25, 0.3) is 0 Å². The largest absolute Gasteiger partial charge is 0.493 e. The Morgan fingerprint density at radius 1 is 1.30 bits per heavy atom. The Morgan fingerprint density at radius 2 is 2.07 bits per heavy atom. The highest BCUT2D eigenvalue weighted by Crippen LogP contribution is 2.31. The van der Waals surface area contributed by atoms with E-state index in [1.165, 1.54) is 5.56 Å². The molecule has 0 amide bonds. The van der Waals surface area contributed by atoms with Crippen molar-refractivity contribution in [2.45, 2.75) is 33.1 Å². The zero-order chi connectivity index (χ0) is 19.5. The number of nitrogens with zero attached hydrogens (tertiary/aromatic N) is 1. The van der Waals surface area contributed by atoms with E-state index in [4.69, 9.17) is 9.47 Å². The van der Waals surface area contributed by atoms with E-state index in [-0.39, 0.29) is 12.0 Å². The summed E-state index contributed by atoms with van der Waals surface area (Å²) in [5.41, 5.74) is 1.27. The smallest absolute Gasteiger partial charge is 0.191 e. The Morgan fingerprint density at radius 3 is 2.67 bits per heavy atom. The average Bonchev–Trinajstić information content (AvgIpc) is 3.13. The van der Waals surface area contributed by atoms with E-state index in [0.29, 0.717) is 12.5 Å². The number of aliphatic hydroxyl groups excluding tert-OH is 1. The maximum absolute atomic E-state index is 9.32. The first kappa shape index (κ1) is 21.5. The lowest BCUT2D eigenvalue weighted by atomic mass is 9.84. The molecule has 0 aromatic heterocycles. The third kappa shape index (κ3) is 7.39. The number of hydrogen-bond acceptors (Lipinski definition) is 4. The second kappa shape index (κ2) is 11.1. The van der Waals surface area contributed by atoms with Gasteiger partial charge in [-0.1, -0.05) is 26.0 Å². The molecule has 2 rings (SSSR count). The second-order valence-corrected chi connectivity index (χ2v) is 7.73. The van der Waals surface area contributed by atoms with E-state index in [1.54, 1.807) is 7.05 Å². The van der Waals surface area contributed by atoms with Crippen LogP contribution in [0, 0.1) is 11.3 Å². The van der Waals surface area contributed by atoms with Crippen molar-refractivity contribution >= 4 is 5.96 Å². The van der Waals surface area contributed by atoms with Gasteiger partial charge in [0, 0.05) is 38.8 Å². The number of nitrogens with one attached hydrogen (secondary N) is 2. The van der Waals surface area contributed by atoms with Gasteiger partial charge in [-0.2, -0.15) is 0 Å². The minimum Gasteiger partial charge on any atom is -0.493 e. The number of aliphatic hydroxyl groups is 1. The number of guanidine groups is 1. The molecule has 0 aliphatic carbocycles. The van der Waals surface area contributed by atoms with Crippen LogP contribution in [0.15, 0.2) is 29.3 Å². The number of aliphatic imine (C=N–C) groups is 1. The van der Waals surface area contributed by atoms with E-state index in [1.807, 2.05) is 12.1 Å². The Bertz CT molecular complexity index is 567. The van der Waals surface area contributed by atoms with E-state index in [2.05, 4.69) is 41.6 Å². The van der Waals surface area contributed by atoms with Crippen molar-refractivity contribution in [2.24, 2.45) is 16.3 Å². The van der Waals surface area contributed by atoms with Gasteiger partial charge in [0.2, 0.25) is 0 Å². The van der Waals surface area contributed by atoms with Gasteiger partial charge in [-0.3, -0.25) is 4.99 Å². The van der Waals surface area contributed by atoms with Crippen molar-refractivity contribution in [1.29, 1.82) is 0 Å². The van der Waals surface area contributed by atoms with Crippen molar-refractivity contribution in [3.63, 3.8) is 0 Å². The van der Waals surface area contributed by atoms with Crippen LogP contribution >= 0.6 is 0 Å². The molecule has 1 fully saturated rings. The van der Waals surface area contributed by atoms with Crippen LogP contribution in [0.5, 0.6) is 5.75 Å². The minimum absolute atomic E-state index is 0.0121. The van der Waals surface area contributed by atoms with Crippen LogP contribution in [0.4, 0.5) is 0 Å². The van der Waals surface area contributed by atoms with Crippen molar-refractivity contribution in [2.75, 3.05) is 46.6 Å². The molecule has 27 heavy (non-hydrogen) atoms. The highest BCUT2D eigenvalue weighted by molar-refractivity contribution is 5.79. The summed E-state index contributed by atoms with van der Waals surface area (Å²) in [6.45, 7) is 8.25. The third-order valence-corrected chi connectivity index (χ3v) is 4.89. The fraction of sp³-hybridized carbons (Fsp3) is 0.667. The lowest BCUT2D eigenvalue weighted by molar-refractivity contribution is 0.127. The van der Waals surface area contributed by atoms with Gasteiger partial charge in [-0.25, -0.2) is 0 Å². The standard InChI is InChI=1S/C21H35N3O3/c1-17(2)14-27-19-6-4-18(5-7-19)8-11-23-20(22-3)24-15-21(9-12-25)10-13-26-16-21/h4-7,17,25H,8-16H2,1-3H3,(H2,22,23,24). The fourth-order valence-corrected chi connectivity index (χ4v) is 3.14. The highest BCUT2D eigenvalue weighted by atomic mass is 16.5. The second-order valence-electron chi connectivity index (χ2n) is 7.73. The maximum atomic E-state index is 9.32. The predicted octanol–water partition coefficient (Wildman–Crippen LogP) is 2.22. The zero-order valence-corrected chi connectivity index (χ0v) is 17.0. The minimum atomic E-state index is 0.0121. The van der Waals surface area contributed by atoms with Gasteiger partial charge in [0.15, 0.2) is 5.96 Å². The maximum Gasteiger partial charge on any atom is 0.191 e. The first-order valence-electron chi connectivity index (χ1n) is 9.92. The molecule has 0 saturated carbocycles. The summed E-state index contributed by atoms with van der Waals surface area (Å²) in [6.07, 6.45) is 2.64. The molecule has 1 aliphatic heterocycles. The molecule has 1 aromatic rings. The topological polar surface area (TPSA) is 75.1 Å². The monoisotopic (exact) mass is 377 g/mol. The number of hydrogen-bond donors (Lipinski definition) is 3. The molecule has 1 atom stereocenters. The Balaban J connectivity index is 1.72. The normalized spacial score (nSPS) is 20.1. The Labute approximate surface area is 163 Å². The van der Waals surface area contributed by atoms with Gasteiger partial charge in [0.25, 0.3) is 0 Å². The molecule has 6 nitrogen and oxygen atoms in total. The quantitative estimate of drug-likeness (QED) is 0.431. The van der Waals surface area contributed by atoms with Crippen LogP contribution in [-0.2, 0) is 11.2 Å². The van der Waals surface area contributed by atoms with Gasteiger partial charge >= 0.3 is 0 Å².